The highest BCUT2D eigenvalue weighted by Crippen LogP contribution is 2.03. The lowest BCUT2D eigenvalue weighted by molar-refractivity contribution is -0.133. The minimum absolute atomic E-state index is 0.404. The van der Waals surface area contributed by atoms with Gasteiger partial charge >= 0.3 is 0 Å². The Bertz CT molecular complexity index is 176. The van der Waals surface area contributed by atoms with Crippen LogP contribution in [0.5, 0.6) is 0 Å². The van der Waals surface area contributed by atoms with Crippen molar-refractivity contribution in [3.8, 4) is 0 Å². The van der Waals surface area contributed by atoms with E-state index >= 15 is 0 Å². The molecule has 0 aliphatic heterocycles. The number of nitrogens with two attached hydrogens (primary N) is 1. The summed E-state index contributed by atoms with van der Waals surface area (Å²) in [5.41, 5.74) is 5.54. The van der Waals surface area contributed by atoms with E-state index < -0.39 is 24.9 Å². The van der Waals surface area contributed by atoms with Gasteiger partial charge in [0.15, 0.2) is 0 Å². The zero-order valence-electron chi connectivity index (χ0n) is 8.67. The second-order valence-electron chi connectivity index (χ2n) is 3.36. The Kier molecular flexibility index (Phi) is 6.36. The molecule has 0 fully saturated rings. The third-order valence-corrected chi connectivity index (χ3v) is 1.97. The highest BCUT2D eigenvalue weighted by Gasteiger charge is 2.19. The van der Waals surface area contributed by atoms with Crippen molar-refractivity contribution in [1.29, 1.82) is 0 Å². The molecule has 0 bridgehead atoms. The number of halogens is 2. The smallest absolute Gasteiger partial charge is 0.255 e. The van der Waals surface area contributed by atoms with Crippen molar-refractivity contribution < 1.29 is 13.6 Å². The van der Waals surface area contributed by atoms with Gasteiger partial charge in [0.2, 0.25) is 5.91 Å². The second kappa shape index (κ2) is 6.70. The fourth-order valence-corrected chi connectivity index (χ4v) is 1.13. The van der Waals surface area contributed by atoms with Gasteiger partial charge in [0, 0.05) is 7.05 Å². The molecule has 0 aliphatic rings. The first-order valence-electron chi connectivity index (χ1n) is 4.77. The molecule has 0 aromatic rings. The van der Waals surface area contributed by atoms with Gasteiger partial charge < -0.3 is 10.6 Å². The molecule has 14 heavy (non-hydrogen) atoms. The van der Waals surface area contributed by atoms with E-state index in [0.717, 1.165) is 17.7 Å². The number of carbonyl (C=O) groups is 1. The first-order valence-corrected chi connectivity index (χ1v) is 4.77. The number of carbonyl (C=O) groups excluding carboxylic acids is 1. The molecular weight excluding hydrogens is 190 g/mol. The number of unbranched alkanes of at least 4 members (excludes halogenated alkanes) is 1. The first-order chi connectivity index (χ1) is 6.49. The quantitative estimate of drug-likeness (QED) is 0.713. The van der Waals surface area contributed by atoms with Gasteiger partial charge in [-0.1, -0.05) is 19.8 Å². The monoisotopic (exact) mass is 208 g/mol. The highest BCUT2D eigenvalue weighted by molar-refractivity contribution is 5.81. The zero-order valence-corrected chi connectivity index (χ0v) is 8.67. The van der Waals surface area contributed by atoms with Crippen LogP contribution in [-0.4, -0.2) is 36.9 Å². The van der Waals surface area contributed by atoms with Gasteiger partial charge in [0.05, 0.1) is 12.6 Å². The number of nitrogens with zero attached hydrogens (tertiary/aromatic N) is 1. The van der Waals surface area contributed by atoms with E-state index in [9.17, 15) is 13.6 Å². The Morgan fingerprint density at radius 1 is 1.50 bits per heavy atom. The van der Waals surface area contributed by atoms with Gasteiger partial charge in [0.1, 0.15) is 0 Å². The Morgan fingerprint density at radius 2 is 2.07 bits per heavy atom. The van der Waals surface area contributed by atoms with Crippen LogP contribution < -0.4 is 5.73 Å². The Balaban J connectivity index is 3.91. The van der Waals surface area contributed by atoms with Crippen LogP contribution in [0.2, 0.25) is 0 Å². The third kappa shape index (κ3) is 5.11. The molecule has 0 aliphatic carbocycles. The molecule has 0 saturated carbocycles. The van der Waals surface area contributed by atoms with Gasteiger partial charge in [-0.3, -0.25) is 4.79 Å². The summed E-state index contributed by atoms with van der Waals surface area (Å²) in [4.78, 5) is 12.3. The molecule has 2 N–H and O–H groups in total. The maximum absolute atomic E-state index is 11.9. The Labute approximate surface area is 83.3 Å². The standard InChI is InChI=1S/C9H18F2N2O/c1-3-4-5-7(12)9(14)13(2)6-8(10)11/h7-8H,3-6,12H2,1-2H3. The SMILES string of the molecule is CCCCC(N)C(=O)N(C)CC(F)F. The summed E-state index contributed by atoms with van der Waals surface area (Å²) in [6, 6.07) is -0.640. The second-order valence-corrected chi connectivity index (χ2v) is 3.36. The van der Waals surface area contributed by atoms with Crippen LogP contribution >= 0.6 is 0 Å². The van der Waals surface area contributed by atoms with Crippen LogP contribution in [0.3, 0.4) is 0 Å². The van der Waals surface area contributed by atoms with Crippen molar-refractivity contribution >= 4 is 5.91 Å². The van der Waals surface area contributed by atoms with Gasteiger partial charge in [-0.05, 0) is 6.42 Å². The van der Waals surface area contributed by atoms with Crippen molar-refractivity contribution in [3.05, 3.63) is 0 Å². The lowest BCUT2D eigenvalue weighted by Crippen LogP contribution is -2.43. The van der Waals surface area contributed by atoms with Crippen molar-refractivity contribution in [1.82, 2.24) is 4.90 Å². The van der Waals surface area contributed by atoms with Crippen LogP contribution in [-0.2, 0) is 4.79 Å². The molecule has 0 spiro atoms. The average molecular weight is 208 g/mol. The number of hydrogen-bond donors (Lipinski definition) is 1. The fourth-order valence-electron chi connectivity index (χ4n) is 1.13. The van der Waals surface area contributed by atoms with E-state index in [-0.39, 0.29) is 0 Å². The topological polar surface area (TPSA) is 46.3 Å². The lowest BCUT2D eigenvalue weighted by Gasteiger charge is -2.20. The maximum Gasteiger partial charge on any atom is 0.255 e. The summed E-state index contributed by atoms with van der Waals surface area (Å²) in [5, 5.41) is 0. The number of amides is 1. The van der Waals surface area contributed by atoms with E-state index in [1.54, 1.807) is 0 Å². The minimum Gasteiger partial charge on any atom is -0.339 e. The Morgan fingerprint density at radius 3 is 2.50 bits per heavy atom. The van der Waals surface area contributed by atoms with E-state index in [0.29, 0.717) is 6.42 Å². The third-order valence-electron chi connectivity index (χ3n) is 1.97. The number of rotatable bonds is 6. The van der Waals surface area contributed by atoms with Crippen molar-refractivity contribution in [2.24, 2.45) is 5.73 Å². The number of hydrogen-bond acceptors (Lipinski definition) is 2. The van der Waals surface area contributed by atoms with Crippen LogP contribution in [0.25, 0.3) is 0 Å². The summed E-state index contributed by atoms with van der Waals surface area (Å²) in [6.45, 7) is 1.44. The zero-order chi connectivity index (χ0) is 11.1. The Hall–Kier alpha value is -0.710. The summed E-state index contributed by atoms with van der Waals surface area (Å²) in [5.74, 6) is -0.404. The molecule has 0 radical (unpaired) electrons. The molecule has 3 nitrogen and oxygen atoms in total. The number of likely N-dealkylation sites (N-methyl/N-ethyl adjacent to an activating group) is 1. The molecule has 0 saturated heterocycles. The molecule has 1 atom stereocenters. The number of alkyl halides is 2. The van der Waals surface area contributed by atoms with E-state index in [1.807, 2.05) is 6.92 Å². The predicted octanol–water partition coefficient (Wildman–Crippen LogP) is 1.23. The molecule has 1 unspecified atom stereocenters. The van der Waals surface area contributed by atoms with E-state index in [1.165, 1.54) is 7.05 Å². The average Bonchev–Trinajstić information content (AvgIpc) is 2.11. The maximum atomic E-state index is 11.9. The van der Waals surface area contributed by atoms with Crippen LogP contribution in [0.15, 0.2) is 0 Å². The fraction of sp³-hybridized carbons (Fsp3) is 0.889. The summed E-state index contributed by atoms with van der Waals surface area (Å²) in [7, 11) is 1.35. The van der Waals surface area contributed by atoms with Crippen molar-refractivity contribution in [3.63, 3.8) is 0 Å². The highest BCUT2D eigenvalue weighted by atomic mass is 19.3. The van der Waals surface area contributed by atoms with Crippen LogP contribution in [0, 0.1) is 0 Å². The normalized spacial score (nSPS) is 13.0. The minimum atomic E-state index is -2.50. The van der Waals surface area contributed by atoms with Crippen LogP contribution in [0.1, 0.15) is 26.2 Å². The van der Waals surface area contributed by atoms with Gasteiger partial charge in [-0.15, -0.1) is 0 Å². The van der Waals surface area contributed by atoms with Gasteiger partial charge in [-0.25, -0.2) is 8.78 Å². The van der Waals surface area contributed by atoms with Gasteiger partial charge in [0.25, 0.3) is 6.43 Å². The van der Waals surface area contributed by atoms with E-state index in [4.69, 9.17) is 5.73 Å². The largest absolute Gasteiger partial charge is 0.339 e. The molecule has 0 heterocycles. The summed E-state index contributed by atoms with van der Waals surface area (Å²) >= 11 is 0. The predicted molar refractivity (Wildman–Crippen MR) is 51.1 cm³/mol. The van der Waals surface area contributed by atoms with E-state index in [2.05, 4.69) is 0 Å². The molecule has 5 heteroatoms. The molecule has 1 amide bonds. The molecule has 0 aromatic heterocycles. The molecule has 0 rings (SSSR count). The molecule has 84 valence electrons. The summed E-state index contributed by atoms with van der Waals surface area (Å²) < 4.78 is 23.9. The summed E-state index contributed by atoms with van der Waals surface area (Å²) in [6.07, 6.45) is -0.153. The van der Waals surface area contributed by atoms with Crippen LogP contribution in [0.4, 0.5) is 8.78 Å². The first kappa shape index (κ1) is 13.3. The molecule has 0 aromatic carbocycles. The van der Waals surface area contributed by atoms with Crippen molar-refractivity contribution in [2.75, 3.05) is 13.6 Å². The van der Waals surface area contributed by atoms with Gasteiger partial charge in [-0.2, -0.15) is 0 Å². The molecular formula is C9H18F2N2O. The van der Waals surface area contributed by atoms with Crippen molar-refractivity contribution in [2.45, 2.75) is 38.7 Å². The lowest BCUT2D eigenvalue weighted by atomic mass is 10.1.